The first-order valence-electron chi connectivity index (χ1n) is 10.8. The van der Waals surface area contributed by atoms with Crippen LogP contribution in [0.3, 0.4) is 0 Å². The summed E-state index contributed by atoms with van der Waals surface area (Å²) in [6.07, 6.45) is 4.33. The first kappa shape index (κ1) is 21.1. The molecule has 30 heavy (non-hydrogen) atoms. The molecule has 2 atom stereocenters. The quantitative estimate of drug-likeness (QED) is 0.631. The van der Waals surface area contributed by atoms with Gasteiger partial charge in [0.2, 0.25) is 0 Å². The van der Waals surface area contributed by atoms with Gasteiger partial charge in [-0.25, -0.2) is 0 Å². The topological polar surface area (TPSA) is 77.8 Å². The fourth-order valence-corrected chi connectivity index (χ4v) is 4.07. The Morgan fingerprint density at radius 1 is 1.40 bits per heavy atom. The van der Waals surface area contributed by atoms with Crippen molar-refractivity contribution in [1.82, 2.24) is 20.0 Å². The Labute approximate surface area is 177 Å². The van der Waals surface area contributed by atoms with Gasteiger partial charge in [-0.3, -0.25) is 9.48 Å². The number of benzene rings is 1. The van der Waals surface area contributed by atoms with Gasteiger partial charge in [-0.05, 0) is 37.5 Å². The molecule has 1 amide bonds. The summed E-state index contributed by atoms with van der Waals surface area (Å²) < 4.78 is 18.8. The fourth-order valence-electron chi connectivity index (χ4n) is 4.07. The van der Waals surface area contributed by atoms with Crippen LogP contribution in [0.2, 0.25) is 0 Å². The highest BCUT2D eigenvalue weighted by molar-refractivity contribution is 5.87. The second-order valence-electron chi connectivity index (χ2n) is 8.13. The minimum absolute atomic E-state index is 0.0730. The zero-order valence-electron chi connectivity index (χ0n) is 18.1. The van der Waals surface area contributed by atoms with Gasteiger partial charge in [0.15, 0.2) is 0 Å². The number of morpholine rings is 1. The number of ether oxygens (including phenoxy) is 3. The second-order valence-corrected chi connectivity index (χ2v) is 8.13. The maximum Gasteiger partial charge on any atom is 0.253 e. The van der Waals surface area contributed by atoms with E-state index in [9.17, 15) is 4.79 Å². The first-order chi connectivity index (χ1) is 14.6. The molecule has 2 aromatic rings. The van der Waals surface area contributed by atoms with Crippen LogP contribution in [0.5, 0.6) is 5.75 Å². The number of rotatable bonds is 9. The smallest absolute Gasteiger partial charge is 0.253 e. The predicted molar refractivity (Wildman–Crippen MR) is 114 cm³/mol. The van der Waals surface area contributed by atoms with Crippen LogP contribution >= 0.6 is 0 Å². The lowest BCUT2D eigenvalue weighted by molar-refractivity contribution is -0.148. The number of nitrogens with zero attached hydrogens (tertiary/aromatic N) is 3. The number of aryl methyl sites for hydroxylation is 1. The van der Waals surface area contributed by atoms with E-state index in [2.05, 4.69) is 29.5 Å². The number of nitrogens with one attached hydrogen (secondary N) is 1. The number of hydrogen-bond donors (Lipinski definition) is 1. The summed E-state index contributed by atoms with van der Waals surface area (Å²) in [5, 5.41) is 8.65. The van der Waals surface area contributed by atoms with Crippen LogP contribution < -0.4 is 10.1 Å². The molecule has 1 aliphatic carbocycles. The number of aromatic nitrogens is 2. The monoisotopic (exact) mass is 416 g/mol. The molecule has 1 saturated heterocycles. The number of hydrogen-bond acceptors (Lipinski definition) is 6. The van der Waals surface area contributed by atoms with Crippen LogP contribution in [0.15, 0.2) is 18.3 Å². The molecule has 2 heterocycles. The fraction of sp³-hybridized carbons (Fsp3) is 0.636. The standard InChI is InChI=1S/C22H32N4O4/c1-15(26(17-5-6-17)22(27)21-14-23-7-10-30-21)16-11-19-18(13-24-25(19)2)20(12-16)29-9-4-8-28-3/h11-13,15,17,21,23H,4-10,14H2,1-3H3/t15-,21+/m0/s1. The molecular formula is C22H32N4O4. The molecule has 1 saturated carbocycles. The summed E-state index contributed by atoms with van der Waals surface area (Å²) in [4.78, 5) is 15.3. The Kier molecular flexibility index (Phi) is 6.55. The molecule has 0 unspecified atom stereocenters. The van der Waals surface area contributed by atoms with Gasteiger partial charge in [-0.15, -0.1) is 0 Å². The number of fused-ring (bicyclic) bond motifs is 1. The highest BCUT2D eigenvalue weighted by atomic mass is 16.5. The maximum absolute atomic E-state index is 13.3. The molecule has 2 fully saturated rings. The summed E-state index contributed by atoms with van der Waals surface area (Å²) in [5.41, 5.74) is 2.05. The van der Waals surface area contributed by atoms with Crippen LogP contribution in [0.25, 0.3) is 10.9 Å². The third kappa shape index (κ3) is 4.45. The lowest BCUT2D eigenvalue weighted by atomic mass is 10.0. The summed E-state index contributed by atoms with van der Waals surface area (Å²) in [6, 6.07) is 4.39. The van der Waals surface area contributed by atoms with Crippen LogP contribution in [-0.2, 0) is 21.3 Å². The summed E-state index contributed by atoms with van der Waals surface area (Å²) in [6.45, 7) is 5.27. The van der Waals surface area contributed by atoms with Crippen LogP contribution in [0.1, 0.15) is 37.8 Å². The first-order valence-corrected chi connectivity index (χ1v) is 10.8. The van der Waals surface area contributed by atoms with Crippen molar-refractivity contribution in [1.29, 1.82) is 0 Å². The van der Waals surface area contributed by atoms with Crippen LogP contribution in [-0.4, -0.2) is 72.8 Å². The van der Waals surface area contributed by atoms with Gasteiger partial charge in [0.1, 0.15) is 11.9 Å². The number of methoxy groups -OCH3 is 1. The van der Waals surface area contributed by atoms with Crippen molar-refractivity contribution >= 4 is 16.8 Å². The van der Waals surface area contributed by atoms with Crippen molar-refractivity contribution in [3.63, 3.8) is 0 Å². The van der Waals surface area contributed by atoms with Crippen molar-refractivity contribution in [3.05, 3.63) is 23.9 Å². The molecule has 164 valence electrons. The van der Waals surface area contributed by atoms with E-state index in [-0.39, 0.29) is 18.0 Å². The van der Waals surface area contributed by atoms with E-state index >= 15 is 0 Å². The van der Waals surface area contributed by atoms with Gasteiger partial charge < -0.3 is 24.4 Å². The van der Waals surface area contributed by atoms with Gasteiger partial charge in [-0.2, -0.15) is 5.10 Å². The minimum atomic E-state index is -0.410. The van der Waals surface area contributed by atoms with E-state index < -0.39 is 6.10 Å². The average Bonchev–Trinajstić information content (AvgIpc) is 3.53. The van der Waals surface area contributed by atoms with Crippen molar-refractivity contribution in [2.75, 3.05) is 40.0 Å². The normalized spacial score (nSPS) is 20.3. The van der Waals surface area contributed by atoms with Crippen molar-refractivity contribution < 1.29 is 19.0 Å². The van der Waals surface area contributed by atoms with Crippen LogP contribution in [0, 0.1) is 0 Å². The zero-order valence-corrected chi connectivity index (χ0v) is 18.1. The Morgan fingerprint density at radius 3 is 2.93 bits per heavy atom. The third-order valence-corrected chi connectivity index (χ3v) is 5.90. The van der Waals surface area contributed by atoms with Gasteiger partial charge in [0.25, 0.3) is 5.91 Å². The Morgan fingerprint density at radius 2 is 2.23 bits per heavy atom. The van der Waals surface area contributed by atoms with Gasteiger partial charge in [-0.1, -0.05) is 0 Å². The van der Waals surface area contributed by atoms with E-state index in [0.717, 1.165) is 48.0 Å². The molecule has 1 N–H and O–H groups in total. The van der Waals surface area contributed by atoms with Crippen molar-refractivity contribution in [2.45, 2.75) is 44.4 Å². The van der Waals surface area contributed by atoms with E-state index in [1.807, 2.05) is 22.8 Å². The molecule has 0 bridgehead atoms. The van der Waals surface area contributed by atoms with E-state index in [1.165, 1.54) is 0 Å². The van der Waals surface area contributed by atoms with Gasteiger partial charge in [0.05, 0.1) is 36.4 Å². The Balaban J connectivity index is 1.61. The SMILES string of the molecule is COCCCOc1cc([C@H](C)N(C(=O)[C@H]2CNCCO2)C2CC2)cc2c1cnn2C. The minimum Gasteiger partial charge on any atom is -0.493 e. The molecule has 0 radical (unpaired) electrons. The van der Waals surface area contributed by atoms with Gasteiger partial charge >= 0.3 is 0 Å². The predicted octanol–water partition coefficient (Wildman–Crippen LogP) is 2.03. The van der Waals surface area contributed by atoms with Gasteiger partial charge in [0, 0.05) is 46.3 Å². The highest BCUT2D eigenvalue weighted by Crippen LogP contribution is 2.38. The molecule has 2 aliphatic rings. The van der Waals surface area contributed by atoms with E-state index in [4.69, 9.17) is 14.2 Å². The molecule has 0 spiro atoms. The number of amides is 1. The Hall–Kier alpha value is -2.16. The lowest BCUT2D eigenvalue weighted by Crippen LogP contribution is -2.50. The molecule has 1 aromatic heterocycles. The number of carbonyl (C=O) groups is 1. The second kappa shape index (κ2) is 9.32. The van der Waals surface area contributed by atoms with Crippen molar-refractivity contribution in [2.24, 2.45) is 7.05 Å². The van der Waals surface area contributed by atoms with E-state index in [0.29, 0.717) is 26.4 Å². The number of carbonyl (C=O) groups excluding carboxylic acids is 1. The lowest BCUT2D eigenvalue weighted by Gasteiger charge is -2.34. The molecular weight excluding hydrogens is 384 g/mol. The average molecular weight is 417 g/mol. The largest absolute Gasteiger partial charge is 0.493 e. The molecule has 4 rings (SSSR count). The van der Waals surface area contributed by atoms with Crippen molar-refractivity contribution in [3.8, 4) is 5.75 Å². The summed E-state index contributed by atoms with van der Waals surface area (Å²) >= 11 is 0. The molecule has 1 aromatic carbocycles. The summed E-state index contributed by atoms with van der Waals surface area (Å²) in [7, 11) is 3.62. The molecule has 8 nitrogen and oxygen atoms in total. The third-order valence-electron chi connectivity index (χ3n) is 5.90. The summed E-state index contributed by atoms with van der Waals surface area (Å²) in [5.74, 6) is 0.877. The van der Waals surface area contributed by atoms with E-state index in [1.54, 1.807) is 7.11 Å². The highest BCUT2D eigenvalue weighted by Gasteiger charge is 2.40. The van der Waals surface area contributed by atoms with Crippen LogP contribution in [0.4, 0.5) is 0 Å². The maximum atomic E-state index is 13.3. The molecule has 8 heteroatoms. The molecule has 1 aliphatic heterocycles. The Bertz CT molecular complexity index is 873. The zero-order chi connectivity index (χ0) is 21.1.